The van der Waals surface area contributed by atoms with E-state index < -0.39 is 0 Å². The predicted octanol–water partition coefficient (Wildman–Crippen LogP) is 5.36. The van der Waals surface area contributed by atoms with Crippen LogP contribution in [0, 0.1) is 12.8 Å². The molecule has 0 aliphatic carbocycles. The lowest BCUT2D eigenvalue weighted by atomic mass is 9.95. The smallest absolute Gasteiger partial charge is 0.0281 e. The monoisotopic (exact) mass is 325 g/mol. The molecule has 23 heavy (non-hydrogen) atoms. The van der Waals surface area contributed by atoms with Gasteiger partial charge in [-0.25, -0.2) is 0 Å². The molecule has 1 atom stereocenters. The number of rotatable bonds is 4. The molecule has 1 nitrogen and oxygen atoms in total. The lowest BCUT2D eigenvalue weighted by molar-refractivity contribution is 0.453. The van der Waals surface area contributed by atoms with E-state index in [1.54, 1.807) is 0 Å². The second kappa shape index (κ2) is 9.01. The van der Waals surface area contributed by atoms with Crippen LogP contribution in [0.15, 0.2) is 54.6 Å². The van der Waals surface area contributed by atoms with Gasteiger partial charge in [0.1, 0.15) is 0 Å². The van der Waals surface area contributed by atoms with Crippen LogP contribution in [0.4, 0.5) is 0 Å². The number of nitrogens with zero attached hydrogens (tertiary/aromatic N) is 1. The molecule has 2 heteroatoms. The number of aryl methyl sites for hydroxylation is 1. The van der Waals surface area contributed by atoms with Crippen molar-refractivity contribution >= 4 is 14.3 Å². The minimum atomic E-state index is 0.617. The van der Waals surface area contributed by atoms with Gasteiger partial charge in [-0.1, -0.05) is 68.4 Å². The molecule has 122 valence electrons. The molecule has 0 spiro atoms. The largest absolute Gasteiger partial charge is 0.270 e. The minimum Gasteiger partial charge on any atom is -0.270 e. The second-order valence-corrected chi connectivity index (χ2v) is 6.42. The van der Waals surface area contributed by atoms with Gasteiger partial charge in [-0.2, -0.15) is 0 Å². The molecule has 2 aromatic rings. The van der Waals surface area contributed by atoms with Crippen molar-refractivity contribution in [1.29, 1.82) is 0 Å². The Morgan fingerprint density at radius 2 is 1.65 bits per heavy atom. The zero-order valence-corrected chi connectivity index (χ0v) is 15.5. The number of likely N-dealkylation sites (tertiary alicyclic amines) is 1. The van der Waals surface area contributed by atoms with Crippen LogP contribution in [0.5, 0.6) is 0 Å². The van der Waals surface area contributed by atoms with Crippen molar-refractivity contribution in [2.75, 3.05) is 6.54 Å². The van der Waals surface area contributed by atoms with Gasteiger partial charge in [0.25, 0.3) is 0 Å². The molecule has 3 rings (SSSR count). The zero-order valence-electron chi connectivity index (χ0n) is 14.5. The molecule has 0 amide bonds. The van der Waals surface area contributed by atoms with Crippen LogP contribution in [-0.4, -0.2) is 16.9 Å². The Morgan fingerprint density at radius 3 is 2.35 bits per heavy atom. The van der Waals surface area contributed by atoms with Crippen molar-refractivity contribution in [1.82, 2.24) is 4.90 Å². The van der Waals surface area contributed by atoms with E-state index in [0.29, 0.717) is 5.92 Å². The van der Waals surface area contributed by atoms with E-state index in [1.807, 2.05) is 13.8 Å². The molecule has 0 bridgehead atoms. The van der Waals surface area contributed by atoms with Gasteiger partial charge in [0.2, 0.25) is 0 Å². The Kier molecular flexibility index (Phi) is 7.02. The molecule has 1 fully saturated rings. The Morgan fingerprint density at radius 1 is 1.00 bits per heavy atom. The average Bonchev–Trinajstić information content (AvgIpc) is 2.93. The van der Waals surface area contributed by atoms with Gasteiger partial charge in [0, 0.05) is 24.4 Å². The van der Waals surface area contributed by atoms with Crippen LogP contribution in [0.2, 0.25) is 0 Å². The lowest BCUT2D eigenvalue weighted by Crippen LogP contribution is -2.25. The first-order chi connectivity index (χ1) is 11.2. The fraction of sp³-hybridized carbons (Fsp3) is 0.381. The highest BCUT2D eigenvalue weighted by molar-refractivity contribution is 7.21. The van der Waals surface area contributed by atoms with Gasteiger partial charge in [-0.05, 0) is 36.5 Å². The average molecular weight is 325 g/mol. The highest BCUT2D eigenvalue weighted by Crippen LogP contribution is 2.26. The molecule has 2 aromatic carbocycles. The van der Waals surface area contributed by atoms with Crippen LogP contribution in [0.25, 0.3) is 0 Å². The van der Waals surface area contributed by atoms with Crippen LogP contribution in [-0.2, 0) is 13.0 Å². The summed E-state index contributed by atoms with van der Waals surface area (Å²) >= 11 is 0. The summed E-state index contributed by atoms with van der Waals surface area (Å²) in [5.74, 6) is 0.617. The highest BCUT2D eigenvalue weighted by atomic mass is 31.0. The van der Waals surface area contributed by atoms with Crippen molar-refractivity contribution in [2.24, 2.45) is 5.92 Å². The number of hydrogen-bond donors (Lipinski definition) is 0. The molecule has 1 unspecified atom stereocenters. The molecule has 1 aliphatic rings. The van der Waals surface area contributed by atoms with Crippen molar-refractivity contribution in [3.8, 4) is 0 Å². The fourth-order valence-electron chi connectivity index (χ4n) is 3.10. The van der Waals surface area contributed by atoms with Crippen LogP contribution < -0.4 is 0 Å². The molecule has 0 N–H and O–H groups in total. The quantitative estimate of drug-likeness (QED) is 0.684. The topological polar surface area (TPSA) is 3.24 Å². The van der Waals surface area contributed by atoms with Gasteiger partial charge < -0.3 is 0 Å². The molecular formula is C21H28NP. The van der Waals surface area contributed by atoms with Gasteiger partial charge >= 0.3 is 0 Å². The normalized spacial score (nSPS) is 17.7. The van der Waals surface area contributed by atoms with Gasteiger partial charge in [-0.3, -0.25) is 4.90 Å². The fourth-order valence-corrected chi connectivity index (χ4v) is 3.54. The maximum atomic E-state index is 3.91. The van der Waals surface area contributed by atoms with Crippen LogP contribution in [0.1, 0.15) is 37.0 Å². The second-order valence-electron chi connectivity index (χ2n) is 5.91. The number of benzene rings is 2. The third-order valence-corrected chi connectivity index (χ3v) is 5.14. The standard InChI is InChI=1S/C19H22NP.C2H6/c1-15-7-5-6-10-17(15)13-18-11-12-20(19(18)21)14-16-8-3-2-4-9-16;1-2/h2-10,18,21H,11-14H2,1H3;1-2H3. The molecule has 1 saturated heterocycles. The van der Waals surface area contributed by atoms with E-state index in [4.69, 9.17) is 0 Å². The van der Waals surface area contributed by atoms with Crippen molar-refractivity contribution in [3.63, 3.8) is 0 Å². The molecule has 0 saturated carbocycles. The van der Waals surface area contributed by atoms with E-state index in [0.717, 1.165) is 19.5 Å². The summed E-state index contributed by atoms with van der Waals surface area (Å²) in [6, 6.07) is 19.4. The Balaban J connectivity index is 0.000000924. The van der Waals surface area contributed by atoms with E-state index in [-0.39, 0.29) is 0 Å². The van der Waals surface area contributed by atoms with E-state index in [9.17, 15) is 0 Å². The molecule has 0 aromatic heterocycles. The third kappa shape index (κ3) is 4.77. The van der Waals surface area contributed by atoms with E-state index in [2.05, 4.69) is 75.3 Å². The maximum absolute atomic E-state index is 3.91. The van der Waals surface area contributed by atoms with Gasteiger partial charge in [-0.15, -0.1) is 8.86 Å². The molecule has 1 heterocycles. The number of hydrogen-bond acceptors (Lipinski definition) is 0. The summed E-state index contributed by atoms with van der Waals surface area (Å²) in [5, 5.41) is 0. The summed E-state index contributed by atoms with van der Waals surface area (Å²) in [4.78, 5) is 2.47. The summed E-state index contributed by atoms with van der Waals surface area (Å²) < 4.78 is 0. The van der Waals surface area contributed by atoms with Crippen LogP contribution in [0.3, 0.4) is 0 Å². The lowest BCUT2D eigenvalue weighted by Gasteiger charge is -2.19. The maximum Gasteiger partial charge on any atom is 0.0281 e. The summed E-state index contributed by atoms with van der Waals surface area (Å²) in [5.41, 5.74) is 5.62. The first kappa shape index (κ1) is 17.9. The Labute approximate surface area is 143 Å². The molecular weight excluding hydrogens is 297 g/mol. The summed E-state index contributed by atoms with van der Waals surface area (Å²) in [6.45, 7) is 8.35. The minimum absolute atomic E-state index is 0.617. The van der Waals surface area contributed by atoms with Crippen molar-refractivity contribution in [3.05, 3.63) is 71.3 Å². The first-order valence-corrected chi connectivity index (χ1v) is 9.16. The van der Waals surface area contributed by atoms with Crippen LogP contribution >= 0.6 is 8.86 Å². The third-order valence-electron chi connectivity index (χ3n) is 4.42. The van der Waals surface area contributed by atoms with Crippen molar-refractivity contribution in [2.45, 2.75) is 40.2 Å². The predicted molar refractivity (Wildman–Crippen MR) is 105 cm³/mol. The highest BCUT2D eigenvalue weighted by Gasteiger charge is 2.27. The van der Waals surface area contributed by atoms with Gasteiger partial charge in [0.15, 0.2) is 0 Å². The molecule has 1 aliphatic heterocycles. The van der Waals surface area contributed by atoms with E-state index >= 15 is 0 Å². The van der Waals surface area contributed by atoms with E-state index in [1.165, 1.54) is 28.5 Å². The Hall–Kier alpha value is -1.43. The van der Waals surface area contributed by atoms with Crippen molar-refractivity contribution < 1.29 is 0 Å². The molecule has 0 radical (unpaired) electrons. The first-order valence-electron chi connectivity index (χ1n) is 8.66. The zero-order chi connectivity index (χ0) is 16.7. The Bertz CT molecular complexity index is 621. The summed E-state index contributed by atoms with van der Waals surface area (Å²) in [6.07, 6.45) is 2.37. The SMILES string of the molecule is CC.Cc1ccccc1CC1CCN(Cc2ccccc2)C1=P. The summed E-state index contributed by atoms with van der Waals surface area (Å²) in [7, 11) is 3.91. The van der Waals surface area contributed by atoms with Gasteiger partial charge in [0.05, 0.1) is 0 Å².